The Kier molecular flexibility index (Phi) is 5.99. The molecular weight excluding hydrogens is 358 g/mol. The Morgan fingerprint density at radius 3 is 2.57 bits per heavy atom. The van der Waals surface area contributed by atoms with E-state index in [1.807, 2.05) is 45.0 Å². The lowest BCUT2D eigenvalue weighted by atomic mass is 10.1. The molecule has 28 heavy (non-hydrogen) atoms. The second-order valence-electron chi connectivity index (χ2n) is 6.11. The lowest BCUT2D eigenvalue weighted by molar-refractivity contribution is 0.101. The van der Waals surface area contributed by atoms with E-state index < -0.39 is 6.09 Å². The maximum Gasteiger partial charge on any atom is 0.415 e. The van der Waals surface area contributed by atoms with Gasteiger partial charge in [0.15, 0.2) is 5.76 Å². The first-order valence-corrected chi connectivity index (χ1v) is 9.34. The molecule has 146 valence electrons. The topological polar surface area (TPSA) is 65.1 Å². The van der Waals surface area contributed by atoms with E-state index in [0.717, 1.165) is 5.56 Å². The van der Waals surface area contributed by atoms with Gasteiger partial charge in [0.1, 0.15) is 17.2 Å². The summed E-state index contributed by atoms with van der Waals surface area (Å²) < 4.78 is 16.7. The number of benzene rings is 2. The van der Waals surface area contributed by atoms with Gasteiger partial charge >= 0.3 is 6.09 Å². The van der Waals surface area contributed by atoms with E-state index in [9.17, 15) is 9.59 Å². The van der Waals surface area contributed by atoms with Crippen LogP contribution in [0, 0.1) is 0 Å². The third-order valence-corrected chi connectivity index (χ3v) is 4.37. The highest BCUT2D eigenvalue weighted by molar-refractivity contribution is 6.14. The first-order valence-electron chi connectivity index (χ1n) is 9.34. The van der Waals surface area contributed by atoms with Crippen molar-refractivity contribution in [3.63, 3.8) is 0 Å². The maximum atomic E-state index is 12.7. The number of ketones is 1. The van der Waals surface area contributed by atoms with E-state index in [2.05, 4.69) is 0 Å². The molecular formula is C22H23NO5. The van der Waals surface area contributed by atoms with Crippen LogP contribution in [0.4, 0.5) is 4.79 Å². The Morgan fingerprint density at radius 1 is 1.11 bits per heavy atom. The Bertz CT molecular complexity index is 915. The van der Waals surface area contributed by atoms with Crippen molar-refractivity contribution in [1.82, 2.24) is 4.90 Å². The summed E-state index contributed by atoms with van der Waals surface area (Å²) in [5.74, 6) is 1.37. The van der Waals surface area contributed by atoms with Gasteiger partial charge in [0.2, 0.25) is 5.78 Å². The molecule has 6 nitrogen and oxygen atoms in total. The minimum atomic E-state index is -0.435. The predicted molar refractivity (Wildman–Crippen MR) is 106 cm³/mol. The molecule has 0 bridgehead atoms. The summed E-state index contributed by atoms with van der Waals surface area (Å²) in [6.07, 6.45) is 1.23. The largest absolute Gasteiger partial charge is 0.493 e. The average Bonchev–Trinajstić information content (AvgIpc) is 2.99. The molecule has 0 saturated carbocycles. The van der Waals surface area contributed by atoms with E-state index in [4.69, 9.17) is 14.2 Å². The van der Waals surface area contributed by atoms with Crippen molar-refractivity contribution in [2.45, 2.75) is 20.8 Å². The van der Waals surface area contributed by atoms with Crippen molar-refractivity contribution in [2.24, 2.45) is 0 Å². The summed E-state index contributed by atoms with van der Waals surface area (Å²) in [7, 11) is 0. The van der Waals surface area contributed by atoms with Crippen LogP contribution < -0.4 is 14.2 Å². The van der Waals surface area contributed by atoms with Crippen molar-refractivity contribution in [2.75, 3.05) is 19.7 Å². The molecule has 6 heteroatoms. The number of allylic oxidation sites excluding steroid dienone is 1. The summed E-state index contributed by atoms with van der Waals surface area (Å²) in [6.45, 7) is 7.30. The molecule has 0 spiro atoms. The molecule has 1 aliphatic rings. The Hall–Kier alpha value is -3.28. The third kappa shape index (κ3) is 4.01. The monoisotopic (exact) mass is 381 g/mol. The fourth-order valence-electron chi connectivity index (χ4n) is 2.91. The molecule has 1 aliphatic heterocycles. The minimum absolute atomic E-state index is 0.203. The number of para-hydroxylation sites is 1. The number of hydrogen-bond donors (Lipinski definition) is 0. The van der Waals surface area contributed by atoms with Crippen LogP contribution in [0.5, 0.6) is 17.2 Å². The SMILES string of the molecule is CCOc1ccccc1/C=C1\Oc2cc(OC(=O)N(CC)CC)ccc2C1=O. The number of carbonyl (C=O) groups is 2. The summed E-state index contributed by atoms with van der Waals surface area (Å²) in [4.78, 5) is 26.3. The highest BCUT2D eigenvalue weighted by Gasteiger charge is 2.28. The van der Waals surface area contributed by atoms with Gasteiger partial charge in [0, 0.05) is 24.7 Å². The summed E-state index contributed by atoms with van der Waals surface area (Å²) in [5.41, 5.74) is 1.19. The van der Waals surface area contributed by atoms with Crippen molar-refractivity contribution in [1.29, 1.82) is 0 Å². The Morgan fingerprint density at radius 2 is 1.86 bits per heavy atom. The van der Waals surface area contributed by atoms with Crippen molar-refractivity contribution >= 4 is 18.0 Å². The van der Waals surface area contributed by atoms with Gasteiger partial charge in [-0.15, -0.1) is 0 Å². The molecule has 2 aromatic carbocycles. The van der Waals surface area contributed by atoms with Crippen molar-refractivity contribution < 1.29 is 23.8 Å². The number of rotatable bonds is 6. The second kappa shape index (κ2) is 8.61. The van der Waals surface area contributed by atoms with E-state index >= 15 is 0 Å². The number of Topliss-reactive ketones (excluding diaryl/α,β-unsaturated/α-hetero) is 1. The molecule has 0 radical (unpaired) electrons. The third-order valence-electron chi connectivity index (χ3n) is 4.37. The van der Waals surface area contributed by atoms with E-state index in [1.54, 1.807) is 29.2 Å². The van der Waals surface area contributed by atoms with Crippen LogP contribution in [0.25, 0.3) is 6.08 Å². The smallest absolute Gasteiger partial charge is 0.415 e. The minimum Gasteiger partial charge on any atom is -0.493 e. The normalized spacial score (nSPS) is 13.8. The second-order valence-corrected chi connectivity index (χ2v) is 6.11. The lowest BCUT2D eigenvalue weighted by Gasteiger charge is -2.17. The van der Waals surface area contributed by atoms with Crippen LogP contribution in [0.3, 0.4) is 0 Å². The number of fused-ring (bicyclic) bond motifs is 1. The van der Waals surface area contributed by atoms with Gasteiger partial charge in [0.25, 0.3) is 0 Å². The van der Waals surface area contributed by atoms with Gasteiger partial charge in [-0.05, 0) is 45.0 Å². The van der Waals surface area contributed by atoms with Gasteiger partial charge < -0.3 is 19.1 Å². The van der Waals surface area contributed by atoms with Crippen LogP contribution in [0.15, 0.2) is 48.2 Å². The quantitative estimate of drug-likeness (QED) is 0.687. The van der Waals surface area contributed by atoms with Gasteiger partial charge in [-0.25, -0.2) is 4.79 Å². The Balaban J connectivity index is 1.83. The number of carbonyl (C=O) groups excluding carboxylic acids is 2. The molecule has 2 aromatic rings. The Labute approximate surface area is 164 Å². The predicted octanol–water partition coefficient (Wildman–Crippen LogP) is 4.54. The molecule has 3 rings (SSSR count). The molecule has 1 amide bonds. The van der Waals surface area contributed by atoms with E-state index in [-0.39, 0.29) is 11.5 Å². The molecule has 0 N–H and O–H groups in total. The fraction of sp³-hybridized carbons (Fsp3) is 0.273. The zero-order valence-corrected chi connectivity index (χ0v) is 16.2. The van der Waals surface area contributed by atoms with E-state index in [1.165, 1.54) is 0 Å². The highest BCUT2D eigenvalue weighted by atomic mass is 16.6. The number of hydrogen-bond acceptors (Lipinski definition) is 5. The molecule has 0 aliphatic carbocycles. The molecule has 0 saturated heterocycles. The van der Waals surface area contributed by atoms with Crippen LogP contribution in [0.2, 0.25) is 0 Å². The molecule has 0 aromatic heterocycles. The number of ether oxygens (including phenoxy) is 3. The zero-order valence-electron chi connectivity index (χ0n) is 16.2. The summed E-state index contributed by atoms with van der Waals surface area (Å²) in [5, 5.41) is 0. The van der Waals surface area contributed by atoms with E-state index in [0.29, 0.717) is 42.5 Å². The molecule has 0 atom stereocenters. The van der Waals surface area contributed by atoms with Crippen LogP contribution >= 0.6 is 0 Å². The zero-order chi connectivity index (χ0) is 20.1. The van der Waals surface area contributed by atoms with Crippen LogP contribution in [-0.2, 0) is 0 Å². The summed E-state index contributed by atoms with van der Waals surface area (Å²) >= 11 is 0. The lowest BCUT2D eigenvalue weighted by Crippen LogP contribution is -2.33. The van der Waals surface area contributed by atoms with Crippen molar-refractivity contribution in [3.8, 4) is 17.2 Å². The average molecular weight is 381 g/mol. The van der Waals surface area contributed by atoms with Gasteiger partial charge in [-0.3, -0.25) is 4.79 Å². The van der Waals surface area contributed by atoms with Gasteiger partial charge in [-0.2, -0.15) is 0 Å². The van der Waals surface area contributed by atoms with Crippen LogP contribution in [0.1, 0.15) is 36.7 Å². The maximum absolute atomic E-state index is 12.7. The van der Waals surface area contributed by atoms with Crippen LogP contribution in [-0.4, -0.2) is 36.5 Å². The molecule has 0 fully saturated rings. The first kappa shape index (κ1) is 19.5. The van der Waals surface area contributed by atoms with Gasteiger partial charge in [0.05, 0.1) is 12.2 Å². The molecule has 1 heterocycles. The van der Waals surface area contributed by atoms with Gasteiger partial charge in [-0.1, -0.05) is 18.2 Å². The highest BCUT2D eigenvalue weighted by Crippen LogP contribution is 2.35. The summed E-state index contributed by atoms with van der Waals surface area (Å²) in [6, 6.07) is 12.2. The fourth-order valence-corrected chi connectivity index (χ4v) is 2.91. The first-order chi connectivity index (χ1) is 13.6. The number of nitrogens with zero attached hydrogens (tertiary/aromatic N) is 1. The standard InChI is InChI=1S/C22H23NO5/c1-4-23(5-2)22(25)27-16-11-12-17-19(14-16)28-20(21(17)24)13-15-9-7-8-10-18(15)26-6-3/h7-14H,4-6H2,1-3H3/b20-13-. The molecule has 0 unspecified atom stereocenters. The van der Waals surface area contributed by atoms with Crippen molar-refractivity contribution in [3.05, 3.63) is 59.4 Å². The number of amides is 1.